The highest BCUT2D eigenvalue weighted by atomic mass is 35.5. The maximum Gasteiger partial charge on any atom is 0.267 e. The summed E-state index contributed by atoms with van der Waals surface area (Å²) in [6.07, 6.45) is 4.84. The van der Waals surface area contributed by atoms with Crippen molar-refractivity contribution < 1.29 is 13.2 Å². The van der Waals surface area contributed by atoms with Crippen molar-refractivity contribution in [3.8, 4) is 0 Å². The molecule has 8 heteroatoms. The fourth-order valence-corrected chi connectivity index (χ4v) is 4.14. The molecule has 3 rings (SSSR count). The molecule has 2 aromatic rings. The number of nitrogens with zero attached hydrogens (tertiary/aromatic N) is 1. The van der Waals surface area contributed by atoms with E-state index >= 15 is 0 Å². The van der Waals surface area contributed by atoms with Gasteiger partial charge in [-0.05, 0) is 57.0 Å². The average Bonchev–Trinajstić information content (AvgIpc) is 3.27. The zero-order valence-electron chi connectivity index (χ0n) is 14.6. The molecule has 1 aliphatic heterocycles. The minimum atomic E-state index is -3.67. The van der Waals surface area contributed by atoms with Crippen molar-refractivity contribution in [3.63, 3.8) is 0 Å². The van der Waals surface area contributed by atoms with Gasteiger partial charge in [0.1, 0.15) is 0 Å². The molecule has 0 saturated carbocycles. The van der Waals surface area contributed by atoms with Gasteiger partial charge in [-0.1, -0.05) is 17.7 Å². The SMILES string of the molecule is Cc1ccc(S(=O)(=O)n2ccc(C(=O)NCCC3CCNC3)c2)cc1.Cl. The van der Waals surface area contributed by atoms with Crippen LogP contribution in [0.4, 0.5) is 0 Å². The molecule has 0 aliphatic carbocycles. The summed E-state index contributed by atoms with van der Waals surface area (Å²) in [4.78, 5) is 12.4. The maximum atomic E-state index is 12.6. The van der Waals surface area contributed by atoms with Crippen LogP contribution in [0, 0.1) is 12.8 Å². The predicted molar refractivity (Wildman–Crippen MR) is 103 cm³/mol. The van der Waals surface area contributed by atoms with Crippen LogP contribution in [0.3, 0.4) is 0 Å². The number of nitrogens with one attached hydrogen (secondary N) is 2. The first-order valence-corrected chi connectivity index (χ1v) is 9.90. The van der Waals surface area contributed by atoms with Gasteiger partial charge < -0.3 is 10.6 Å². The highest BCUT2D eigenvalue weighted by molar-refractivity contribution is 7.90. The summed E-state index contributed by atoms with van der Waals surface area (Å²) in [5.74, 6) is 0.357. The van der Waals surface area contributed by atoms with Gasteiger partial charge in [-0.25, -0.2) is 12.4 Å². The van der Waals surface area contributed by atoms with Crippen molar-refractivity contribution in [2.45, 2.75) is 24.7 Å². The van der Waals surface area contributed by atoms with Gasteiger partial charge in [0.05, 0.1) is 10.5 Å². The van der Waals surface area contributed by atoms with Crippen LogP contribution in [-0.2, 0) is 10.0 Å². The molecule has 1 saturated heterocycles. The van der Waals surface area contributed by atoms with Crippen LogP contribution in [-0.4, -0.2) is 37.9 Å². The van der Waals surface area contributed by atoms with Crippen molar-refractivity contribution in [1.82, 2.24) is 14.6 Å². The lowest BCUT2D eigenvalue weighted by atomic mass is 10.1. The van der Waals surface area contributed by atoms with E-state index in [4.69, 9.17) is 0 Å². The van der Waals surface area contributed by atoms with Crippen molar-refractivity contribution in [3.05, 3.63) is 53.9 Å². The van der Waals surface area contributed by atoms with Gasteiger partial charge in [-0.15, -0.1) is 12.4 Å². The molecule has 2 N–H and O–H groups in total. The van der Waals surface area contributed by atoms with Crippen LogP contribution in [0.1, 0.15) is 28.8 Å². The smallest absolute Gasteiger partial charge is 0.267 e. The van der Waals surface area contributed by atoms with Crippen LogP contribution in [0.15, 0.2) is 47.6 Å². The Kier molecular flexibility index (Phi) is 6.86. The van der Waals surface area contributed by atoms with Gasteiger partial charge in [0, 0.05) is 18.9 Å². The number of aryl methyl sites for hydroxylation is 1. The lowest BCUT2D eigenvalue weighted by Gasteiger charge is -2.09. The van der Waals surface area contributed by atoms with Gasteiger partial charge in [0.2, 0.25) is 0 Å². The zero-order valence-corrected chi connectivity index (χ0v) is 16.3. The molecule has 1 unspecified atom stereocenters. The first-order chi connectivity index (χ1) is 12.0. The van der Waals surface area contributed by atoms with Crippen LogP contribution >= 0.6 is 12.4 Å². The Bertz CT molecular complexity index is 841. The minimum Gasteiger partial charge on any atom is -0.352 e. The summed E-state index contributed by atoms with van der Waals surface area (Å²) in [6, 6.07) is 8.17. The number of halogens is 1. The van der Waals surface area contributed by atoms with Crippen molar-refractivity contribution in [1.29, 1.82) is 0 Å². The topological polar surface area (TPSA) is 80.2 Å². The van der Waals surface area contributed by atoms with Gasteiger partial charge in [0.15, 0.2) is 0 Å². The normalized spacial score (nSPS) is 16.9. The first kappa shape index (κ1) is 20.5. The summed E-state index contributed by atoms with van der Waals surface area (Å²) in [6.45, 7) is 4.54. The standard InChI is InChI=1S/C18H23N3O3S.ClH/c1-14-2-4-17(5-3-14)25(23,24)21-11-8-16(13-21)18(22)20-10-7-15-6-9-19-12-15;/h2-5,8,11,13,15,19H,6-7,9-10,12H2,1H3,(H,20,22);1H. The summed E-state index contributed by atoms with van der Waals surface area (Å²) in [5.41, 5.74) is 1.34. The second-order valence-electron chi connectivity index (χ2n) is 6.45. The number of hydrogen-bond donors (Lipinski definition) is 2. The van der Waals surface area contributed by atoms with E-state index in [1.807, 2.05) is 6.92 Å². The molecule has 2 heterocycles. The molecule has 142 valence electrons. The van der Waals surface area contributed by atoms with Crippen molar-refractivity contribution >= 4 is 28.3 Å². The molecule has 0 spiro atoms. The molecule has 6 nitrogen and oxygen atoms in total. The third-order valence-electron chi connectivity index (χ3n) is 4.53. The van der Waals surface area contributed by atoms with E-state index in [1.54, 1.807) is 24.3 Å². The van der Waals surface area contributed by atoms with Crippen molar-refractivity contribution in [2.24, 2.45) is 5.92 Å². The quantitative estimate of drug-likeness (QED) is 0.782. The Labute approximate surface area is 160 Å². The average molecular weight is 398 g/mol. The van der Waals surface area contributed by atoms with Gasteiger partial charge in [-0.2, -0.15) is 0 Å². The van der Waals surface area contributed by atoms with E-state index in [9.17, 15) is 13.2 Å². The van der Waals surface area contributed by atoms with E-state index < -0.39 is 10.0 Å². The zero-order chi connectivity index (χ0) is 17.9. The van der Waals surface area contributed by atoms with E-state index in [-0.39, 0.29) is 23.2 Å². The Morgan fingerprint density at radius 3 is 2.65 bits per heavy atom. The summed E-state index contributed by atoms with van der Waals surface area (Å²) in [7, 11) is -3.67. The molecule has 26 heavy (non-hydrogen) atoms. The molecule has 0 bridgehead atoms. The molecule has 1 fully saturated rings. The summed E-state index contributed by atoms with van der Waals surface area (Å²) in [5, 5.41) is 6.16. The number of carbonyl (C=O) groups excluding carboxylic acids is 1. The molecular weight excluding hydrogens is 374 g/mol. The fraction of sp³-hybridized carbons (Fsp3) is 0.389. The van der Waals surface area contributed by atoms with Gasteiger partial charge in [-0.3, -0.25) is 4.79 Å². The highest BCUT2D eigenvalue weighted by Gasteiger charge is 2.19. The van der Waals surface area contributed by atoms with Crippen LogP contribution in [0.2, 0.25) is 0 Å². The molecule has 1 amide bonds. The number of benzene rings is 1. The molecule has 1 aromatic carbocycles. The lowest BCUT2D eigenvalue weighted by Crippen LogP contribution is -2.26. The van der Waals surface area contributed by atoms with Gasteiger partial charge >= 0.3 is 0 Å². The van der Waals surface area contributed by atoms with Crippen LogP contribution < -0.4 is 10.6 Å². The first-order valence-electron chi connectivity index (χ1n) is 8.46. The van der Waals surface area contributed by atoms with Crippen LogP contribution in [0.25, 0.3) is 0 Å². The molecule has 1 aliphatic rings. The minimum absolute atomic E-state index is 0. The molecule has 1 aromatic heterocycles. The van der Waals surface area contributed by atoms with E-state index in [2.05, 4.69) is 10.6 Å². The second kappa shape index (κ2) is 8.70. The van der Waals surface area contributed by atoms with Gasteiger partial charge in [0.25, 0.3) is 15.9 Å². The van der Waals surface area contributed by atoms with E-state index in [0.29, 0.717) is 18.0 Å². The van der Waals surface area contributed by atoms with Crippen LogP contribution in [0.5, 0.6) is 0 Å². The fourth-order valence-electron chi connectivity index (χ4n) is 2.95. The Balaban J connectivity index is 0.00000243. The molecular formula is C18H24ClN3O3S. The summed E-state index contributed by atoms with van der Waals surface area (Å²) >= 11 is 0. The third kappa shape index (κ3) is 4.66. The second-order valence-corrected chi connectivity index (χ2v) is 8.29. The van der Waals surface area contributed by atoms with Crippen molar-refractivity contribution in [2.75, 3.05) is 19.6 Å². The number of hydrogen-bond acceptors (Lipinski definition) is 4. The number of carbonyl (C=O) groups is 1. The Hall–Kier alpha value is -1.83. The Morgan fingerprint density at radius 1 is 1.27 bits per heavy atom. The Morgan fingerprint density at radius 2 is 2.00 bits per heavy atom. The summed E-state index contributed by atoms with van der Waals surface area (Å²) < 4.78 is 26.3. The van der Waals surface area contributed by atoms with E-state index in [0.717, 1.165) is 35.5 Å². The lowest BCUT2D eigenvalue weighted by molar-refractivity contribution is 0.0952. The number of aromatic nitrogens is 1. The molecule has 1 atom stereocenters. The monoisotopic (exact) mass is 397 g/mol. The number of amides is 1. The molecule has 0 radical (unpaired) electrons. The van der Waals surface area contributed by atoms with E-state index in [1.165, 1.54) is 18.5 Å². The predicted octanol–water partition coefficient (Wildman–Crippen LogP) is 2.18. The largest absolute Gasteiger partial charge is 0.352 e. The third-order valence-corrected chi connectivity index (χ3v) is 6.18. The maximum absolute atomic E-state index is 12.6. The number of rotatable bonds is 6. The highest BCUT2D eigenvalue weighted by Crippen LogP contribution is 2.16.